The molecule has 0 amide bonds. The van der Waals surface area contributed by atoms with Gasteiger partial charge in [0.1, 0.15) is 6.04 Å². The molecule has 102 valence electrons. The van der Waals surface area contributed by atoms with Crippen LogP contribution in [0, 0.1) is 5.92 Å². The number of hydrogen-bond donors (Lipinski definition) is 1. The summed E-state index contributed by atoms with van der Waals surface area (Å²) in [6.45, 7) is 4.19. The minimum Gasteiger partial charge on any atom is -0.337 e. The molecule has 2 unspecified atom stereocenters. The molecule has 0 aliphatic carbocycles. The predicted molar refractivity (Wildman–Crippen MR) is 69.6 cm³/mol. The second-order valence-electron chi connectivity index (χ2n) is 5.13. The van der Waals surface area contributed by atoms with E-state index in [1.807, 2.05) is 23.9 Å². The molecular weight excluding hydrogens is 242 g/mol. The second-order valence-corrected chi connectivity index (χ2v) is 5.13. The van der Waals surface area contributed by atoms with Gasteiger partial charge in [0.05, 0.1) is 0 Å². The molecule has 3 heterocycles. The third-order valence-corrected chi connectivity index (χ3v) is 3.63. The molecule has 3 rings (SSSR count). The molecule has 1 aliphatic heterocycles. The van der Waals surface area contributed by atoms with Crippen LogP contribution in [0.3, 0.4) is 0 Å². The fourth-order valence-electron chi connectivity index (χ4n) is 2.50. The smallest absolute Gasteiger partial charge is 0.251 e. The Morgan fingerprint density at radius 3 is 3.26 bits per heavy atom. The molecule has 19 heavy (non-hydrogen) atoms. The number of aromatic nitrogens is 4. The molecule has 1 saturated heterocycles. The van der Waals surface area contributed by atoms with Gasteiger partial charge in [-0.1, -0.05) is 5.16 Å². The predicted octanol–water partition coefficient (Wildman–Crippen LogP) is 1.42. The van der Waals surface area contributed by atoms with E-state index in [0.717, 1.165) is 25.3 Å². The molecule has 0 aromatic carbocycles. The Morgan fingerprint density at radius 2 is 2.53 bits per heavy atom. The summed E-state index contributed by atoms with van der Waals surface area (Å²) < 4.78 is 7.17. The molecule has 0 radical (unpaired) electrons. The van der Waals surface area contributed by atoms with E-state index in [2.05, 4.69) is 20.6 Å². The van der Waals surface area contributed by atoms with Gasteiger partial charge in [-0.05, 0) is 44.8 Å². The van der Waals surface area contributed by atoms with Crippen LogP contribution in [-0.2, 0) is 6.42 Å². The molecular formula is C13H19N5O. The Balaban J connectivity index is 1.65. The fourth-order valence-corrected chi connectivity index (χ4v) is 2.50. The molecule has 0 spiro atoms. The van der Waals surface area contributed by atoms with Gasteiger partial charge in [0, 0.05) is 18.8 Å². The number of rotatable bonds is 4. The summed E-state index contributed by atoms with van der Waals surface area (Å²) in [5.41, 5.74) is 0. The van der Waals surface area contributed by atoms with Gasteiger partial charge in [0.25, 0.3) is 5.89 Å². The second kappa shape index (κ2) is 5.52. The average molecular weight is 261 g/mol. The molecule has 6 nitrogen and oxygen atoms in total. The van der Waals surface area contributed by atoms with Crippen molar-refractivity contribution in [2.75, 3.05) is 13.1 Å². The van der Waals surface area contributed by atoms with Gasteiger partial charge >= 0.3 is 0 Å². The maximum absolute atomic E-state index is 5.35. The Kier molecular flexibility index (Phi) is 3.59. The van der Waals surface area contributed by atoms with E-state index in [1.54, 1.807) is 6.20 Å². The summed E-state index contributed by atoms with van der Waals surface area (Å²) in [6.07, 6.45) is 7.02. The Bertz CT molecular complexity index is 501. The fraction of sp³-hybridized carbons (Fsp3) is 0.615. The van der Waals surface area contributed by atoms with Gasteiger partial charge in [0.2, 0.25) is 0 Å². The first-order valence-corrected chi connectivity index (χ1v) is 6.85. The van der Waals surface area contributed by atoms with Gasteiger partial charge in [-0.25, -0.2) is 0 Å². The van der Waals surface area contributed by atoms with Crippen molar-refractivity contribution in [3.05, 3.63) is 30.2 Å². The molecule has 2 aromatic rings. The lowest BCUT2D eigenvalue weighted by atomic mass is 9.96. The molecule has 2 aromatic heterocycles. The third-order valence-electron chi connectivity index (χ3n) is 3.63. The van der Waals surface area contributed by atoms with Crippen molar-refractivity contribution in [3.8, 4) is 0 Å². The van der Waals surface area contributed by atoms with E-state index in [0.29, 0.717) is 11.8 Å². The normalized spacial score (nSPS) is 21.4. The van der Waals surface area contributed by atoms with E-state index in [4.69, 9.17) is 4.52 Å². The molecule has 6 heteroatoms. The van der Waals surface area contributed by atoms with Crippen molar-refractivity contribution in [1.29, 1.82) is 0 Å². The first-order chi connectivity index (χ1) is 9.33. The minimum absolute atomic E-state index is 0.0132. The molecule has 1 fully saturated rings. The Hall–Kier alpha value is -1.69. The zero-order valence-electron chi connectivity index (χ0n) is 11.1. The highest BCUT2D eigenvalue weighted by molar-refractivity contribution is 4.96. The van der Waals surface area contributed by atoms with E-state index in [1.165, 1.54) is 12.8 Å². The van der Waals surface area contributed by atoms with Gasteiger partial charge < -0.3 is 9.84 Å². The SMILES string of the molecule is CC(c1nc(CC2CCCNC2)no1)n1cccn1. The summed E-state index contributed by atoms with van der Waals surface area (Å²) in [4.78, 5) is 4.49. The van der Waals surface area contributed by atoms with Crippen molar-refractivity contribution in [3.63, 3.8) is 0 Å². The van der Waals surface area contributed by atoms with Crippen molar-refractivity contribution in [2.24, 2.45) is 5.92 Å². The van der Waals surface area contributed by atoms with Crippen LogP contribution >= 0.6 is 0 Å². The highest BCUT2D eigenvalue weighted by Crippen LogP contribution is 2.18. The monoisotopic (exact) mass is 261 g/mol. The lowest BCUT2D eigenvalue weighted by Gasteiger charge is -2.20. The van der Waals surface area contributed by atoms with Crippen LogP contribution in [0.15, 0.2) is 23.0 Å². The molecule has 2 atom stereocenters. The Labute approximate surface area is 112 Å². The van der Waals surface area contributed by atoms with Crippen molar-refractivity contribution >= 4 is 0 Å². The van der Waals surface area contributed by atoms with E-state index < -0.39 is 0 Å². The van der Waals surface area contributed by atoms with Crippen molar-refractivity contribution < 1.29 is 4.52 Å². The summed E-state index contributed by atoms with van der Waals surface area (Å²) >= 11 is 0. The lowest BCUT2D eigenvalue weighted by molar-refractivity contribution is 0.326. The largest absolute Gasteiger partial charge is 0.337 e. The summed E-state index contributed by atoms with van der Waals surface area (Å²) in [6, 6.07) is 1.88. The quantitative estimate of drug-likeness (QED) is 0.901. The minimum atomic E-state index is -0.0132. The van der Waals surface area contributed by atoms with Gasteiger partial charge in [-0.15, -0.1) is 0 Å². The first kappa shape index (κ1) is 12.3. The maximum Gasteiger partial charge on any atom is 0.251 e. The first-order valence-electron chi connectivity index (χ1n) is 6.85. The summed E-state index contributed by atoms with van der Waals surface area (Å²) in [5, 5.41) is 11.7. The van der Waals surface area contributed by atoms with E-state index in [-0.39, 0.29) is 6.04 Å². The van der Waals surface area contributed by atoms with Gasteiger partial charge in [-0.2, -0.15) is 10.1 Å². The van der Waals surface area contributed by atoms with Crippen LogP contribution < -0.4 is 5.32 Å². The van der Waals surface area contributed by atoms with E-state index >= 15 is 0 Å². The van der Waals surface area contributed by atoms with Crippen LogP contribution in [0.5, 0.6) is 0 Å². The number of nitrogens with one attached hydrogen (secondary N) is 1. The van der Waals surface area contributed by atoms with Crippen LogP contribution in [0.25, 0.3) is 0 Å². The zero-order chi connectivity index (χ0) is 13.1. The Morgan fingerprint density at radius 1 is 1.58 bits per heavy atom. The van der Waals surface area contributed by atoms with Crippen molar-refractivity contribution in [2.45, 2.75) is 32.2 Å². The van der Waals surface area contributed by atoms with E-state index in [9.17, 15) is 0 Å². The number of hydrogen-bond acceptors (Lipinski definition) is 5. The third kappa shape index (κ3) is 2.84. The molecule has 0 saturated carbocycles. The van der Waals surface area contributed by atoms with Crippen LogP contribution in [0.2, 0.25) is 0 Å². The molecule has 1 aliphatic rings. The number of piperidine rings is 1. The highest BCUT2D eigenvalue weighted by Gasteiger charge is 2.19. The maximum atomic E-state index is 5.35. The van der Waals surface area contributed by atoms with Gasteiger partial charge in [-0.3, -0.25) is 4.68 Å². The van der Waals surface area contributed by atoms with Crippen LogP contribution in [0.4, 0.5) is 0 Å². The standard InChI is InChI=1S/C13H19N5O/c1-10(18-7-3-6-15-18)13-16-12(17-19-13)8-11-4-2-5-14-9-11/h3,6-7,10-11,14H,2,4-5,8-9H2,1H3. The topological polar surface area (TPSA) is 68.8 Å². The average Bonchev–Trinajstić information content (AvgIpc) is 3.10. The van der Waals surface area contributed by atoms with Crippen LogP contribution in [-0.4, -0.2) is 33.0 Å². The number of nitrogens with zero attached hydrogens (tertiary/aromatic N) is 4. The summed E-state index contributed by atoms with van der Waals surface area (Å²) in [5.74, 6) is 2.06. The zero-order valence-corrected chi connectivity index (χ0v) is 11.1. The lowest BCUT2D eigenvalue weighted by Crippen LogP contribution is -2.31. The van der Waals surface area contributed by atoms with Crippen molar-refractivity contribution in [1.82, 2.24) is 25.2 Å². The summed E-state index contributed by atoms with van der Waals surface area (Å²) in [7, 11) is 0. The molecule has 1 N–H and O–H groups in total. The van der Waals surface area contributed by atoms with Gasteiger partial charge in [0.15, 0.2) is 5.82 Å². The highest BCUT2D eigenvalue weighted by atomic mass is 16.5. The van der Waals surface area contributed by atoms with Crippen LogP contribution in [0.1, 0.15) is 37.5 Å². The molecule has 0 bridgehead atoms.